The van der Waals surface area contributed by atoms with E-state index in [1.165, 1.54) is 0 Å². The number of benzene rings is 2. The SMILES string of the molecule is C=[N+]1C(C)=CC(C=CC=C2N(c3ccccc3)c3ccc(S(N)(=O)=O)cc3C2(C)C)=C[C-]1C. The molecule has 6 heteroatoms. The first kappa shape index (κ1) is 22.8. The number of nitrogens with two attached hydrogens (primary N) is 1. The number of rotatable bonds is 4. The van der Waals surface area contributed by atoms with E-state index >= 15 is 0 Å². The van der Waals surface area contributed by atoms with Gasteiger partial charge in [0.25, 0.3) is 0 Å². The van der Waals surface area contributed by atoms with Crippen molar-refractivity contribution in [3.63, 3.8) is 0 Å². The lowest BCUT2D eigenvalue weighted by Gasteiger charge is -2.27. The highest BCUT2D eigenvalue weighted by molar-refractivity contribution is 7.89. The minimum Gasteiger partial charge on any atom is -0.313 e. The van der Waals surface area contributed by atoms with Crippen molar-refractivity contribution < 1.29 is 13.0 Å². The van der Waals surface area contributed by atoms with E-state index in [4.69, 9.17) is 5.14 Å². The molecule has 0 unspecified atom stereocenters. The van der Waals surface area contributed by atoms with Crippen LogP contribution >= 0.6 is 0 Å². The van der Waals surface area contributed by atoms with E-state index in [0.29, 0.717) is 0 Å². The third-order valence-corrected chi connectivity index (χ3v) is 7.16. The molecule has 2 heterocycles. The van der Waals surface area contributed by atoms with E-state index < -0.39 is 15.4 Å². The Morgan fingerprint density at radius 2 is 1.85 bits per heavy atom. The number of para-hydroxylation sites is 1. The van der Waals surface area contributed by atoms with Crippen LogP contribution in [0.5, 0.6) is 0 Å². The normalized spacial score (nSPS) is 19.2. The van der Waals surface area contributed by atoms with Gasteiger partial charge in [0.15, 0.2) is 0 Å². The zero-order chi connectivity index (χ0) is 24.0. The van der Waals surface area contributed by atoms with Gasteiger partial charge in [-0.05, 0) is 55.8 Å². The van der Waals surface area contributed by atoms with Crippen LogP contribution in [0.1, 0.15) is 33.3 Å². The molecule has 0 radical (unpaired) electrons. The van der Waals surface area contributed by atoms with Gasteiger partial charge in [-0.15, -0.1) is 0 Å². The highest BCUT2D eigenvalue weighted by atomic mass is 32.2. The van der Waals surface area contributed by atoms with Crippen molar-refractivity contribution in [1.82, 2.24) is 0 Å². The second-order valence-electron chi connectivity index (χ2n) is 8.93. The largest absolute Gasteiger partial charge is 0.313 e. The fraction of sp³-hybridized carbons (Fsp3) is 0.185. The third kappa shape index (κ3) is 4.19. The molecule has 0 amide bonds. The minimum atomic E-state index is -3.80. The second kappa shape index (κ2) is 8.21. The number of primary sulfonamides is 1. The van der Waals surface area contributed by atoms with Crippen LogP contribution in [0.3, 0.4) is 0 Å². The zero-order valence-electron chi connectivity index (χ0n) is 19.4. The van der Waals surface area contributed by atoms with Crippen LogP contribution in [0.15, 0.2) is 101 Å². The Kier molecular flexibility index (Phi) is 5.68. The van der Waals surface area contributed by atoms with Crippen molar-refractivity contribution in [2.45, 2.75) is 38.0 Å². The number of fused-ring (bicyclic) bond motifs is 1. The van der Waals surface area contributed by atoms with Crippen molar-refractivity contribution in [3.05, 3.63) is 107 Å². The third-order valence-electron chi connectivity index (χ3n) is 6.25. The molecule has 0 saturated heterocycles. The maximum atomic E-state index is 12.0. The maximum absolute atomic E-state index is 12.0. The Hall–Kier alpha value is -3.35. The molecule has 4 rings (SSSR count). The zero-order valence-corrected chi connectivity index (χ0v) is 20.2. The maximum Gasteiger partial charge on any atom is 0.238 e. The molecule has 5 nitrogen and oxygen atoms in total. The van der Waals surface area contributed by atoms with Crippen molar-refractivity contribution in [1.29, 1.82) is 0 Å². The van der Waals surface area contributed by atoms with E-state index in [9.17, 15) is 8.42 Å². The van der Waals surface area contributed by atoms with Crippen LogP contribution in [0.4, 0.5) is 11.4 Å². The van der Waals surface area contributed by atoms with Gasteiger partial charge >= 0.3 is 0 Å². The molecular formula is C27H29N3O2S. The van der Waals surface area contributed by atoms with Crippen molar-refractivity contribution >= 4 is 28.1 Å². The molecule has 2 aliphatic rings. The van der Waals surface area contributed by atoms with Crippen molar-refractivity contribution in [2.24, 2.45) is 5.14 Å². The van der Waals surface area contributed by atoms with E-state index in [1.54, 1.807) is 12.1 Å². The van der Waals surface area contributed by atoms with Gasteiger partial charge in [0.2, 0.25) is 10.0 Å². The lowest BCUT2D eigenvalue weighted by Crippen LogP contribution is -2.22. The number of anilines is 2. The molecule has 2 aromatic rings. The Morgan fingerprint density at radius 3 is 2.48 bits per heavy atom. The number of nitrogens with zero attached hydrogens (tertiary/aromatic N) is 2. The van der Waals surface area contributed by atoms with Crippen molar-refractivity contribution in [2.75, 3.05) is 4.90 Å². The predicted molar refractivity (Wildman–Crippen MR) is 135 cm³/mol. The van der Waals surface area contributed by atoms with Crippen LogP contribution in [0.2, 0.25) is 0 Å². The Balaban J connectivity index is 1.82. The highest BCUT2D eigenvalue weighted by Crippen LogP contribution is 2.51. The molecule has 0 bridgehead atoms. The monoisotopic (exact) mass is 459 g/mol. The summed E-state index contributed by atoms with van der Waals surface area (Å²) in [5.41, 5.74) is 5.66. The quantitative estimate of drug-likeness (QED) is 0.498. The molecule has 0 atom stereocenters. The second-order valence-corrected chi connectivity index (χ2v) is 10.5. The molecule has 0 fully saturated rings. The number of hydrogen-bond donors (Lipinski definition) is 1. The highest BCUT2D eigenvalue weighted by Gasteiger charge is 2.41. The fourth-order valence-electron chi connectivity index (χ4n) is 4.38. The Labute approximate surface area is 196 Å². The van der Waals surface area contributed by atoms with Gasteiger partial charge in [-0.1, -0.05) is 61.9 Å². The van der Waals surface area contributed by atoms with Crippen molar-refractivity contribution in [3.8, 4) is 0 Å². The molecule has 0 aliphatic carbocycles. The smallest absolute Gasteiger partial charge is 0.238 e. The lowest BCUT2D eigenvalue weighted by molar-refractivity contribution is -0.444. The summed E-state index contributed by atoms with van der Waals surface area (Å²) in [4.78, 5) is 2.30. The van der Waals surface area contributed by atoms with Gasteiger partial charge in [0.05, 0.1) is 29.0 Å². The predicted octanol–water partition coefficient (Wildman–Crippen LogP) is 5.31. The molecule has 2 aromatic carbocycles. The molecule has 33 heavy (non-hydrogen) atoms. The van der Waals surface area contributed by atoms with Gasteiger partial charge in [-0.25, -0.2) is 13.6 Å². The minimum absolute atomic E-state index is 0.121. The summed E-state index contributed by atoms with van der Waals surface area (Å²) in [6.45, 7) is 12.3. The molecule has 2 aliphatic heterocycles. The standard InChI is InChI=1S/C27H29N3O2S/c1-19-16-21(17-20(2)29(19)5)10-9-13-26-27(3,4)24-18-23(33(28,31)32)14-15-25(24)30(26)22-11-7-6-8-12-22/h6-18H,5H2,1-4H3,(H2,28,31,32). The lowest BCUT2D eigenvalue weighted by atomic mass is 9.83. The first-order chi connectivity index (χ1) is 15.5. The summed E-state index contributed by atoms with van der Waals surface area (Å²) in [6.07, 6.45) is 10.4. The molecule has 0 aromatic heterocycles. The van der Waals surface area contributed by atoms with Gasteiger partial charge in [-0.3, -0.25) is 4.58 Å². The summed E-state index contributed by atoms with van der Waals surface area (Å²) in [7, 11) is -3.80. The van der Waals surface area contributed by atoms with Crippen LogP contribution in [0.25, 0.3) is 0 Å². The van der Waals surface area contributed by atoms with Crippen LogP contribution < -0.4 is 10.0 Å². The average molecular weight is 460 g/mol. The van der Waals surface area contributed by atoms with E-state index in [1.807, 2.05) is 60.9 Å². The summed E-state index contributed by atoms with van der Waals surface area (Å²) < 4.78 is 25.9. The molecule has 170 valence electrons. The fourth-order valence-corrected chi connectivity index (χ4v) is 4.92. The molecular weight excluding hydrogens is 430 g/mol. The summed E-state index contributed by atoms with van der Waals surface area (Å²) in [5, 5.41) is 5.43. The van der Waals surface area contributed by atoms with Crippen LogP contribution in [-0.4, -0.2) is 19.7 Å². The average Bonchev–Trinajstić information content (AvgIpc) is 2.98. The first-order valence-electron chi connectivity index (χ1n) is 10.8. The van der Waals surface area contributed by atoms with Gasteiger partial charge < -0.3 is 4.90 Å². The molecule has 2 N–H and O–H groups in total. The van der Waals surface area contributed by atoms with E-state index in [-0.39, 0.29) is 4.90 Å². The van der Waals surface area contributed by atoms with E-state index in [0.717, 1.165) is 39.9 Å². The van der Waals surface area contributed by atoms with E-state index in [2.05, 4.69) is 49.8 Å². The van der Waals surface area contributed by atoms with Gasteiger partial charge in [0.1, 0.15) is 0 Å². The summed E-state index contributed by atoms with van der Waals surface area (Å²) >= 11 is 0. The first-order valence-corrected chi connectivity index (χ1v) is 12.3. The summed E-state index contributed by atoms with van der Waals surface area (Å²) in [6, 6.07) is 16.3. The van der Waals surface area contributed by atoms with Crippen LogP contribution in [0, 0.1) is 6.04 Å². The van der Waals surface area contributed by atoms with Crippen LogP contribution in [-0.2, 0) is 15.4 Å². The number of sulfonamides is 1. The Morgan fingerprint density at radius 1 is 1.15 bits per heavy atom. The number of allylic oxidation sites excluding steroid dienone is 7. The molecule has 0 saturated carbocycles. The molecule has 0 spiro atoms. The van der Waals surface area contributed by atoms with Gasteiger partial charge in [-0.2, -0.15) is 0 Å². The summed E-state index contributed by atoms with van der Waals surface area (Å²) in [5.74, 6) is 0. The topological polar surface area (TPSA) is 66.4 Å². The Bertz CT molecular complexity index is 1350. The number of hydrogen-bond acceptors (Lipinski definition) is 3. The van der Waals surface area contributed by atoms with Gasteiger partial charge in [0, 0.05) is 16.8 Å².